The summed E-state index contributed by atoms with van der Waals surface area (Å²) in [5, 5.41) is 5.03. The first-order valence-corrected chi connectivity index (χ1v) is 20.8. The van der Waals surface area contributed by atoms with Crippen molar-refractivity contribution in [2.45, 2.75) is 26.2 Å². The van der Waals surface area contributed by atoms with Crippen LogP contribution in [0, 0.1) is 0 Å². The third-order valence-corrected chi connectivity index (χ3v) is 12.9. The summed E-state index contributed by atoms with van der Waals surface area (Å²) in [5.74, 6) is 0. The molecule has 9 aromatic carbocycles. The zero-order valence-corrected chi connectivity index (χ0v) is 33.4. The lowest BCUT2D eigenvalue weighted by molar-refractivity contribution is 0.590. The predicted octanol–water partition coefficient (Wildman–Crippen LogP) is 13.5. The average Bonchev–Trinajstić information content (AvgIpc) is 3.61. The van der Waals surface area contributed by atoms with E-state index in [2.05, 4.69) is 224 Å². The molecule has 1 aromatic heterocycles. The van der Waals surface area contributed by atoms with Gasteiger partial charge in [0.2, 0.25) is 0 Å². The minimum absolute atomic E-state index is 0.0443. The first-order chi connectivity index (χ1) is 28.9. The molecule has 0 N–H and O–H groups in total. The lowest BCUT2D eigenvalue weighted by Crippen LogP contribution is -2.60. The van der Waals surface area contributed by atoms with Crippen LogP contribution in [0.1, 0.15) is 26.3 Å². The molecule has 278 valence electrons. The van der Waals surface area contributed by atoms with Gasteiger partial charge in [-0.2, -0.15) is 0 Å². The van der Waals surface area contributed by atoms with Crippen LogP contribution in [0.3, 0.4) is 0 Å². The van der Waals surface area contributed by atoms with Gasteiger partial charge in [-0.3, -0.25) is 0 Å². The average molecular weight is 753 g/mol. The topological polar surface area (TPSA) is 8.17 Å². The molecule has 0 amide bonds. The minimum Gasteiger partial charge on any atom is -0.376 e. The van der Waals surface area contributed by atoms with Crippen molar-refractivity contribution in [1.82, 2.24) is 4.57 Å². The molecule has 2 nitrogen and oxygen atoms in total. The first-order valence-electron chi connectivity index (χ1n) is 20.8. The second-order valence-electron chi connectivity index (χ2n) is 17.4. The van der Waals surface area contributed by atoms with Crippen molar-refractivity contribution in [2.24, 2.45) is 0 Å². The summed E-state index contributed by atoms with van der Waals surface area (Å²) in [5.41, 5.74) is 20.1. The van der Waals surface area contributed by atoms with Crippen LogP contribution in [0.25, 0.3) is 82.8 Å². The van der Waals surface area contributed by atoms with Gasteiger partial charge in [-0.15, -0.1) is 0 Å². The normalized spacial score (nSPS) is 12.9. The number of anilines is 2. The SMILES string of the molecule is CC(C)(C)c1ccc(N2B3c4c(cc(-c5ccccc5)cc4-n4c5ccc(-c6ccccc6)cc5c5cc(-c6ccccc6)cc3c54)-c3cc4ccccc4cc32)cc1. The van der Waals surface area contributed by atoms with Gasteiger partial charge in [-0.05, 0) is 126 Å². The van der Waals surface area contributed by atoms with Crippen molar-refractivity contribution >= 4 is 61.7 Å². The van der Waals surface area contributed by atoms with E-state index in [4.69, 9.17) is 0 Å². The molecule has 0 unspecified atom stereocenters. The molecule has 10 aromatic rings. The van der Waals surface area contributed by atoms with Crippen molar-refractivity contribution < 1.29 is 0 Å². The van der Waals surface area contributed by atoms with Gasteiger partial charge in [-0.25, -0.2) is 0 Å². The van der Waals surface area contributed by atoms with E-state index in [1.165, 1.54) is 111 Å². The van der Waals surface area contributed by atoms with E-state index in [0.717, 1.165) is 0 Å². The first kappa shape index (κ1) is 34.0. The predicted molar refractivity (Wildman–Crippen MR) is 252 cm³/mol. The fraction of sp³-hybridized carbons (Fsp3) is 0.0714. The standard InChI is InChI=1S/C56H41BN2/c1-56(2,3)44-24-26-45(27-25-44)59-52-34-40-22-14-13-21-39(40)29-46(52)48-31-43(38-19-11-6-12-20-38)35-53-54(48)57(59)50-33-42(37-17-9-5-10-18-37)32-49-47-30-41(36-15-7-4-8-16-36)23-28-51(47)58(53)55(49)50/h4-35H,1-3H3. The molecule has 12 rings (SSSR count). The molecule has 0 radical (unpaired) electrons. The van der Waals surface area contributed by atoms with Crippen LogP contribution in [-0.2, 0) is 5.41 Å². The molecule has 3 heteroatoms. The number of hydrogen-bond acceptors (Lipinski definition) is 1. The Morgan fingerprint density at radius 1 is 0.424 bits per heavy atom. The van der Waals surface area contributed by atoms with Gasteiger partial charge >= 0.3 is 6.85 Å². The van der Waals surface area contributed by atoms with Gasteiger partial charge in [0.1, 0.15) is 0 Å². The third-order valence-electron chi connectivity index (χ3n) is 12.9. The highest BCUT2D eigenvalue weighted by Crippen LogP contribution is 2.48. The number of nitrogens with zero attached hydrogens (tertiary/aromatic N) is 2. The second-order valence-corrected chi connectivity index (χ2v) is 17.4. The van der Waals surface area contributed by atoms with Crippen molar-refractivity contribution in [2.75, 3.05) is 4.81 Å². The molecule has 59 heavy (non-hydrogen) atoms. The molecular weight excluding hydrogens is 711 g/mol. The molecule has 0 aliphatic carbocycles. The Labute approximate surface area is 345 Å². The summed E-state index contributed by atoms with van der Waals surface area (Å²) in [7, 11) is 0. The summed E-state index contributed by atoms with van der Waals surface area (Å²) >= 11 is 0. The van der Waals surface area contributed by atoms with Crippen molar-refractivity contribution in [3.05, 3.63) is 200 Å². The maximum atomic E-state index is 2.66. The quantitative estimate of drug-likeness (QED) is 0.163. The van der Waals surface area contributed by atoms with E-state index < -0.39 is 0 Å². The summed E-state index contributed by atoms with van der Waals surface area (Å²) in [6, 6.07) is 72.7. The highest BCUT2D eigenvalue weighted by Gasteiger charge is 2.44. The van der Waals surface area contributed by atoms with E-state index in [0.29, 0.717) is 0 Å². The highest BCUT2D eigenvalue weighted by molar-refractivity contribution is 6.93. The fourth-order valence-corrected chi connectivity index (χ4v) is 9.99. The van der Waals surface area contributed by atoms with Gasteiger partial charge < -0.3 is 9.38 Å². The summed E-state index contributed by atoms with van der Waals surface area (Å²) in [6.45, 7) is 6.81. The molecule has 2 aliphatic rings. The molecule has 0 saturated carbocycles. The lowest BCUT2D eigenvalue weighted by Gasteiger charge is -2.43. The van der Waals surface area contributed by atoms with Crippen molar-refractivity contribution in [3.8, 4) is 50.2 Å². The van der Waals surface area contributed by atoms with Crippen molar-refractivity contribution in [1.29, 1.82) is 0 Å². The molecule has 0 atom stereocenters. The number of benzene rings is 9. The Morgan fingerprint density at radius 3 is 1.64 bits per heavy atom. The molecule has 0 saturated heterocycles. The Kier molecular flexibility index (Phi) is 7.32. The van der Waals surface area contributed by atoms with Gasteiger partial charge in [0.15, 0.2) is 0 Å². The molecule has 2 aliphatic heterocycles. The van der Waals surface area contributed by atoms with E-state index >= 15 is 0 Å². The fourth-order valence-electron chi connectivity index (χ4n) is 9.99. The summed E-state index contributed by atoms with van der Waals surface area (Å²) in [4.78, 5) is 2.66. The molecule has 0 spiro atoms. The van der Waals surface area contributed by atoms with Crippen LogP contribution in [0.15, 0.2) is 194 Å². The Morgan fingerprint density at radius 2 is 1.00 bits per heavy atom. The smallest absolute Gasteiger partial charge is 0.333 e. The number of hydrogen-bond donors (Lipinski definition) is 0. The van der Waals surface area contributed by atoms with Gasteiger partial charge in [0.25, 0.3) is 0 Å². The van der Waals surface area contributed by atoms with Crippen molar-refractivity contribution in [3.63, 3.8) is 0 Å². The number of rotatable bonds is 4. The van der Waals surface area contributed by atoms with Crippen LogP contribution in [0.2, 0.25) is 0 Å². The van der Waals surface area contributed by atoms with Gasteiger partial charge in [-0.1, -0.05) is 160 Å². The van der Waals surface area contributed by atoms with Gasteiger partial charge in [0.05, 0.1) is 11.0 Å². The molecule has 3 heterocycles. The van der Waals surface area contributed by atoms with Crippen LogP contribution in [-0.4, -0.2) is 11.4 Å². The molecular formula is C56H41BN2. The van der Waals surface area contributed by atoms with Crippen LogP contribution in [0.5, 0.6) is 0 Å². The van der Waals surface area contributed by atoms with E-state index in [1.807, 2.05) is 0 Å². The summed E-state index contributed by atoms with van der Waals surface area (Å²) in [6.07, 6.45) is 0. The van der Waals surface area contributed by atoms with Crippen LogP contribution in [0.4, 0.5) is 11.4 Å². The third kappa shape index (κ3) is 5.21. The zero-order valence-electron chi connectivity index (χ0n) is 33.4. The lowest BCUT2D eigenvalue weighted by atomic mass is 9.43. The highest BCUT2D eigenvalue weighted by atomic mass is 15.1. The second kappa shape index (κ2) is 12.7. The van der Waals surface area contributed by atoms with E-state index in [-0.39, 0.29) is 12.3 Å². The molecule has 0 bridgehead atoms. The Bertz CT molecular complexity index is 3280. The summed E-state index contributed by atoms with van der Waals surface area (Å²) < 4.78 is 2.60. The minimum atomic E-state index is -0.0875. The van der Waals surface area contributed by atoms with E-state index in [1.54, 1.807) is 0 Å². The maximum Gasteiger partial charge on any atom is 0.333 e. The van der Waals surface area contributed by atoms with Crippen LogP contribution >= 0.6 is 0 Å². The van der Waals surface area contributed by atoms with Gasteiger partial charge in [0, 0.05) is 33.4 Å². The monoisotopic (exact) mass is 752 g/mol. The van der Waals surface area contributed by atoms with E-state index in [9.17, 15) is 0 Å². The van der Waals surface area contributed by atoms with Crippen LogP contribution < -0.4 is 15.7 Å². The zero-order chi connectivity index (χ0) is 39.4. The largest absolute Gasteiger partial charge is 0.376 e. The molecule has 0 fully saturated rings. The Hall–Kier alpha value is -7.10. The number of fused-ring (bicyclic) bond motifs is 8. The Balaban J connectivity index is 1.25. The number of aromatic nitrogens is 1. The maximum absolute atomic E-state index is 2.66.